The number of aryl methyl sites for hydroxylation is 2. The van der Waals surface area contributed by atoms with E-state index in [4.69, 9.17) is 5.10 Å². The lowest BCUT2D eigenvalue weighted by Crippen LogP contribution is -2.63. The Morgan fingerprint density at radius 3 is 2.70 bits per heavy atom. The Kier molecular flexibility index (Phi) is 4.79. The number of nitrogens with zero attached hydrogens (tertiary/aromatic N) is 8. The molecule has 0 amide bonds. The second-order valence-electron chi connectivity index (χ2n) is 7.81. The molecule has 0 bridgehead atoms. The number of sulfonamides is 1. The molecule has 0 saturated carbocycles. The van der Waals surface area contributed by atoms with E-state index in [1.807, 2.05) is 42.7 Å². The van der Waals surface area contributed by atoms with E-state index in [1.54, 1.807) is 17.2 Å². The Bertz CT molecular complexity index is 1250. The minimum Gasteiger partial charge on any atom is -0.334 e. The Labute approximate surface area is 175 Å². The van der Waals surface area contributed by atoms with Gasteiger partial charge in [-0.25, -0.2) is 18.4 Å². The van der Waals surface area contributed by atoms with Crippen LogP contribution < -0.4 is 4.90 Å². The number of aromatic nitrogens is 5. The van der Waals surface area contributed by atoms with Crippen molar-refractivity contribution in [1.29, 1.82) is 5.26 Å². The standard InChI is InChI=1S/C19H24N8O2S/c1-5-14-10-27(19(6-7-20)11-26(12-19)30(4,28)29)23-18(14)25(3)17-8-16-15(9-21-17)22-13-24(16)2/h8-10,13H,5-6,11-12H2,1-4H3. The molecule has 0 spiro atoms. The Hall–Kier alpha value is -2.97. The SMILES string of the molecule is CCc1cn(C2(CC#N)CN(S(C)(=O)=O)C2)nc1N(C)c1cc2c(cn1)ncn2C. The summed E-state index contributed by atoms with van der Waals surface area (Å²) in [5, 5.41) is 14.1. The smallest absolute Gasteiger partial charge is 0.211 e. The van der Waals surface area contributed by atoms with Gasteiger partial charge in [0.15, 0.2) is 5.82 Å². The molecule has 3 aromatic heterocycles. The first-order chi connectivity index (χ1) is 14.2. The van der Waals surface area contributed by atoms with Gasteiger partial charge in [-0.05, 0) is 6.42 Å². The van der Waals surface area contributed by atoms with Gasteiger partial charge in [-0.2, -0.15) is 14.7 Å². The zero-order valence-corrected chi connectivity index (χ0v) is 18.3. The van der Waals surface area contributed by atoms with E-state index in [-0.39, 0.29) is 19.5 Å². The van der Waals surface area contributed by atoms with Crippen molar-refractivity contribution in [3.05, 3.63) is 30.4 Å². The number of hydrogen-bond acceptors (Lipinski definition) is 7. The minimum absolute atomic E-state index is 0.187. The van der Waals surface area contributed by atoms with Gasteiger partial charge in [0.05, 0.1) is 36.8 Å². The van der Waals surface area contributed by atoms with Crippen molar-refractivity contribution in [3.63, 3.8) is 0 Å². The summed E-state index contributed by atoms with van der Waals surface area (Å²) in [6.45, 7) is 2.52. The lowest BCUT2D eigenvalue weighted by atomic mass is 9.89. The van der Waals surface area contributed by atoms with Crippen LogP contribution in [0.1, 0.15) is 18.9 Å². The van der Waals surface area contributed by atoms with Crippen LogP contribution in [-0.2, 0) is 29.0 Å². The molecule has 4 heterocycles. The van der Waals surface area contributed by atoms with Gasteiger partial charge < -0.3 is 9.47 Å². The normalized spacial score (nSPS) is 16.4. The number of hydrogen-bond donors (Lipinski definition) is 0. The summed E-state index contributed by atoms with van der Waals surface area (Å²) in [6, 6.07) is 4.15. The lowest BCUT2D eigenvalue weighted by Gasteiger charge is -2.47. The Morgan fingerprint density at radius 1 is 1.33 bits per heavy atom. The second-order valence-corrected chi connectivity index (χ2v) is 9.79. The second kappa shape index (κ2) is 7.07. The van der Waals surface area contributed by atoms with Gasteiger partial charge in [-0.3, -0.25) is 4.68 Å². The lowest BCUT2D eigenvalue weighted by molar-refractivity contribution is 0.0725. The van der Waals surface area contributed by atoms with E-state index in [9.17, 15) is 13.7 Å². The summed E-state index contributed by atoms with van der Waals surface area (Å²) in [5.41, 5.74) is 2.13. The zero-order valence-electron chi connectivity index (χ0n) is 17.4. The highest BCUT2D eigenvalue weighted by Gasteiger charge is 2.49. The van der Waals surface area contributed by atoms with Crippen molar-refractivity contribution < 1.29 is 8.42 Å². The molecule has 11 heteroatoms. The van der Waals surface area contributed by atoms with Crippen LogP contribution in [0.25, 0.3) is 11.0 Å². The van der Waals surface area contributed by atoms with Gasteiger partial charge in [0, 0.05) is 45.0 Å². The molecule has 1 aliphatic rings. The molecule has 0 N–H and O–H groups in total. The number of nitriles is 1. The minimum atomic E-state index is -3.30. The topological polar surface area (TPSA) is 113 Å². The van der Waals surface area contributed by atoms with E-state index in [0.29, 0.717) is 0 Å². The van der Waals surface area contributed by atoms with Gasteiger partial charge >= 0.3 is 0 Å². The monoisotopic (exact) mass is 428 g/mol. The van der Waals surface area contributed by atoms with Crippen molar-refractivity contribution >= 4 is 32.7 Å². The number of imidazole rings is 1. The van der Waals surface area contributed by atoms with Crippen molar-refractivity contribution in [3.8, 4) is 6.07 Å². The summed E-state index contributed by atoms with van der Waals surface area (Å²) in [4.78, 5) is 10.7. The number of pyridine rings is 1. The number of anilines is 2. The van der Waals surface area contributed by atoms with E-state index in [0.717, 1.165) is 34.7 Å². The fraction of sp³-hybridized carbons (Fsp3) is 0.474. The van der Waals surface area contributed by atoms with Crippen LogP contribution in [0.4, 0.5) is 11.6 Å². The third-order valence-electron chi connectivity index (χ3n) is 5.71. The van der Waals surface area contributed by atoms with E-state index >= 15 is 0 Å². The third kappa shape index (κ3) is 3.22. The first kappa shape index (κ1) is 20.3. The molecular weight excluding hydrogens is 404 g/mol. The first-order valence-electron chi connectivity index (χ1n) is 9.60. The maximum Gasteiger partial charge on any atom is 0.211 e. The maximum atomic E-state index is 11.9. The van der Waals surface area contributed by atoms with Gasteiger partial charge in [0.25, 0.3) is 0 Å². The van der Waals surface area contributed by atoms with Crippen LogP contribution >= 0.6 is 0 Å². The van der Waals surface area contributed by atoms with Crippen LogP contribution in [0, 0.1) is 11.3 Å². The summed E-state index contributed by atoms with van der Waals surface area (Å²) in [7, 11) is 0.535. The zero-order chi connectivity index (χ0) is 21.7. The van der Waals surface area contributed by atoms with E-state index in [1.165, 1.54) is 10.6 Å². The maximum absolute atomic E-state index is 11.9. The molecule has 0 radical (unpaired) electrons. The third-order valence-corrected chi connectivity index (χ3v) is 6.91. The highest BCUT2D eigenvalue weighted by atomic mass is 32.2. The summed E-state index contributed by atoms with van der Waals surface area (Å²) in [6.07, 6.45) is 7.52. The predicted molar refractivity (Wildman–Crippen MR) is 113 cm³/mol. The van der Waals surface area contributed by atoms with Crippen LogP contribution in [0.2, 0.25) is 0 Å². The largest absolute Gasteiger partial charge is 0.334 e. The summed E-state index contributed by atoms with van der Waals surface area (Å²) < 4.78 is 28.8. The molecular formula is C19H24N8O2S. The van der Waals surface area contributed by atoms with Gasteiger partial charge in [-0.1, -0.05) is 6.92 Å². The van der Waals surface area contributed by atoms with Crippen LogP contribution in [0.15, 0.2) is 24.8 Å². The Morgan fingerprint density at radius 2 is 2.07 bits per heavy atom. The summed E-state index contributed by atoms with van der Waals surface area (Å²) >= 11 is 0. The fourth-order valence-electron chi connectivity index (χ4n) is 3.82. The predicted octanol–water partition coefficient (Wildman–Crippen LogP) is 1.38. The number of fused-ring (bicyclic) bond motifs is 1. The van der Waals surface area contributed by atoms with Crippen LogP contribution in [0.5, 0.6) is 0 Å². The van der Waals surface area contributed by atoms with Crippen LogP contribution in [0.3, 0.4) is 0 Å². The average molecular weight is 429 g/mol. The molecule has 1 aliphatic heterocycles. The quantitative estimate of drug-likeness (QED) is 0.583. The van der Waals surface area contributed by atoms with E-state index in [2.05, 4.69) is 16.0 Å². The molecule has 30 heavy (non-hydrogen) atoms. The van der Waals surface area contributed by atoms with E-state index < -0.39 is 15.6 Å². The molecule has 4 rings (SSSR count). The molecule has 10 nitrogen and oxygen atoms in total. The van der Waals surface area contributed by atoms with Gasteiger partial charge in [0.2, 0.25) is 10.0 Å². The fourth-order valence-corrected chi connectivity index (χ4v) is 4.77. The first-order valence-corrected chi connectivity index (χ1v) is 11.5. The Balaban J connectivity index is 1.71. The molecule has 0 atom stereocenters. The molecule has 158 valence electrons. The molecule has 1 saturated heterocycles. The van der Waals surface area contributed by atoms with Crippen molar-refractivity contribution in [2.24, 2.45) is 7.05 Å². The van der Waals surface area contributed by atoms with Crippen molar-refractivity contribution in [2.75, 3.05) is 31.3 Å². The molecule has 1 fully saturated rings. The van der Waals surface area contributed by atoms with Crippen molar-refractivity contribution in [1.82, 2.24) is 28.6 Å². The number of rotatable bonds is 6. The molecule has 0 aromatic carbocycles. The molecule has 0 aliphatic carbocycles. The highest BCUT2D eigenvalue weighted by molar-refractivity contribution is 7.88. The van der Waals surface area contributed by atoms with Crippen molar-refractivity contribution in [2.45, 2.75) is 25.3 Å². The average Bonchev–Trinajstić information content (AvgIpc) is 3.26. The molecule has 3 aromatic rings. The van der Waals surface area contributed by atoms with Crippen LogP contribution in [-0.4, -0.2) is 63.4 Å². The van der Waals surface area contributed by atoms with Gasteiger partial charge in [0.1, 0.15) is 16.9 Å². The summed E-state index contributed by atoms with van der Waals surface area (Å²) in [5.74, 6) is 1.47. The molecule has 0 unspecified atom stereocenters. The highest BCUT2D eigenvalue weighted by Crippen LogP contribution is 2.36. The van der Waals surface area contributed by atoms with Gasteiger partial charge in [-0.15, -0.1) is 0 Å².